The summed E-state index contributed by atoms with van der Waals surface area (Å²) in [6, 6.07) is 4.35. The number of benzene rings is 1. The number of hydrogen-bond donors (Lipinski definition) is 0. The molecule has 0 aliphatic carbocycles. The fourth-order valence-electron chi connectivity index (χ4n) is 2.78. The van der Waals surface area contributed by atoms with Crippen LogP contribution in [0.4, 0.5) is 18.0 Å². The van der Waals surface area contributed by atoms with E-state index in [2.05, 4.69) is 33.9 Å². The second-order valence-corrected chi connectivity index (χ2v) is 14.9. The van der Waals surface area contributed by atoms with E-state index in [1.807, 2.05) is 0 Å². The van der Waals surface area contributed by atoms with Crippen molar-refractivity contribution in [1.82, 2.24) is 4.90 Å². The number of ether oxygens (including phenoxy) is 1. The molecule has 1 aliphatic heterocycles. The quantitative estimate of drug-likeness (QED) is 0.410. The number of halogens is 3. The van der Waals surface area contributed by atoms with Crippen molar-refractivity contribution < 1.29 is 27.1 Å². The molecule has 8 heteroatoms. The topological polar surface area (TPSA) is 38.5 Å². The van der Waals surface area contributed by atoms with Gasteiger partial charge in [0.15, 0.2) is 8.32 Å². The molecule has 1 saturated heterocycles. The lowest BCUT2D eigenvalue weighted by atomic mass is 10.1. The Morgan fingerprint density at radius 3 is 1.97 bits per heavy atom. The maximum atomic E-state index is 12.9. The molecule has 1 aromatic carbocycles. The molecule has 4 nitrogen and oxygen atoms in total. The summed E-state index contributed by atoms with van der Waals surface area (Å²) in [5.74, 6) is 0. The van der Waals surface area contributed by atoms with E-state index in [1.165, 1.54) is 12.1 Å². The second kappa shape index (κ2) is 7.61. The predicted molar refractivity (Wildman–Crippen MR) is 109 cm³/mol. The summed E-state index contributed by atoms with van der Waals surface area (Å²) in [6.07, 6.45) is -4.87. The van der Waals surface area contributed by atoms with E-state index in [0.717, 1.165) is 12.1 Å². The number of rotatable bonds is 4. The molecule has 2 rings (SSSR count). The third kappa shape index (κ3) is 5.75. The second-order valence-electron chi connectivity index (χ2n) is 10.1. The fraction of sp³-hybridized carbons (Fsp3) is 0.667. The summed E-state index contributed by atoms with van der Waals surface area (Å²) < 4.78 is 50.4. The maximum absolute atomic E-state index is 12.9. The highest BCUT2D eigenvalue weighted by Crippen LogP contribution is 2.46. The minimum atomic E-state index is -4.39. The largest absolute Gasteiger partial charge is 0.444 e. The van der Waals surface area contributed by atoms with E-state index < -0.39 is 31.8 Å². The van der Waals surface area contributed by atoms with Crippen LogP contribution in [0.3, 0.4) is 0 Å². The molecular weight excluding hydrogens is 399 g/mol. The molecule has 1 aliphatic rings. The molecule has 1 fully saturated rings. The van der Waals surface area contributed by atoms with Crippen LogP contribution in [-0.4, -0.2) is 37.6 Å². The van der Waals surface area contributed by atoms with Crippen LogP contribution in [0.1, 0.15) is 58.7 Å². The maximum Gasteiger partial charge on any atom is 0.416 e. The van der Waals surface area contributed by atoms with Gasteiger partial charge in [-0.2, -0.15) is 13.2 Å². The van der Waals surface area contributed by atoms with Gasteiger partial charge < -0.3 is 9.16 Å². The number of carbonyl (C=O) groups excluding carboxylic acids is 1. The van der Waals surface area contributed by atoms with Crippen molar-refractivity contribution in [2.24, 2.45) is 0 Å². The van der Waals surface area contributed by atoms with Gasteiger partial charge in [-0.05, 0) is 56.6 Å². The van der Waals surface area contributed by atoms with Crippen LogP contribution in [0.2, 0.25) is 18.1 Å². The van der Waals surface area contributed by atoms with E-state index in [9.17, 15) is 18.0 Å². The van der Waals surface area contributed by atoms with Crippen LogP contribution in [0.5, 0.6) is 0 Å². The average molecular weight is 432 g/mol. The summed E-state index contributed by atoms with van der Waals surface area (Å²) in [5.41, 5.74) is -0.720. The van der Waals surface area contributed by atoms with Gasteiger partial charge in [-0.1, -0.05) is 32.9 Å². The van der Waals surface area contributed by atoms with Crippen molar-refractivity contribution in [1.29, 1.82) is 0 Å². The Hall–Kier alpha value is -1.54. The summed E-state index contributed by atoms with van der Waals surface area (Å²) >= 11 is 0. The standard InChI is InChI=1S/C21H32F3NO3Si/c1-19(2,3)28-18(26)25-16(13-27-29(7,8)20(4,5)6)17(25)14-9-11-15(12-10-14)21(22,23)24/h9-12,16-17H,13H2,1-8H3/t16-,17+,25?/m0/s1. The van der Waals surface area contributed by atoms with Crippen molar-refractivity contribution in [3.63, 3.8) is 0 Å². The van der Waals surface area contributed by atoms with Gasteiger partial charge in [0, 0.05) is 0 Å². The molecule has 0 unspecified atom stereocenters. The third-order valence-electron chi connectivity index (χ3n) is 5.54. The Morgan fingerprint density at radius 2 is 1.55 bits per heavy atom. The SMILES string of the molecule is CC(C)(C)OC(=O)N1[C@H](c2ccc(C(F)(F)F)cc2)[C@@H]1CO[Si](C)(C)C(C)(C)C. The highest BCUT2D eigenvalue weighted by atomic mass is 28.4. The number of carbonyl (C=O) groups is 1. The molecule has 1 heterocycles. The minimum Gasteiger partial charge on any atom is -0.444 e. The van der Waals surface area contributed by atoms with Crippen molar-refractivity contribution in [2.75, 3.05) is 6.61 Å². The van der Waals surface area contributed by atoms with Crippen LogP contribution in [0.25, 0.3) is 0 Å². The van der Waals surface area contributed by atoms with Gasteiger partial charge in [0.1, 0.15) is 5.60 Å². The lowest BCUT2D eigenvalue weighted by Crippen LogP contribution is -2.42. The van der Waals surface area contributed by atoms with E-state index in [4.69, 9.17) is 9.16 Å². The first-order valence-electron chi connectivity index (χ1n) is 9.76. The number of hydrogen-bond acceptors (Lipinski definition) is 3. The highest BCUT2D eigenvalue weighted by molar-refractivity contribution is 6.74. The van der Waals surface area contributed by atoms with Crippen LogP contribution in [-0.2, 0) is 15.3 Å². The van der Waals surface area contributed by atoms with E-state index >= 15 is 0 Å². The monoisotopic (exact) mass is 431 g/mol. The van der Waals surface area contributed by atoms with Crippen molar-refractivity contribution in [3.05, 3.63) is 35.4 Å². The third-order valence-corrected chi connectivity index (χ3v) is 10.0. The van der Waals surface area contributed by atoms with E-state index in [-0.39, 0.29) is 17.1 Å². The molecule has 2 atom stereocenters. The van der Waals surface area contributed by atoms with Gasteiger partial charge in [-0.3, -0.25) is 4.90 Å². The Morgan fingerprint density at radius 1 is 1.03 bits per heavy atom. The first-order valence-corrected chi connectivity index (χ1v) is 12.7. The normalized spacial score (nSPS) is 20.6. The number of nitrogens with zero attached hydrogens (tertiary/aromatic N) is 1. The van der Waals surface area contributed by atoms with Crippen LogP contribution in [0.15, 0.2) is 24.3 Å². The smallest absolute Gasteiger partial charge is 0.416 e. The van der Waals surface area contributed by atoms with Crippen molar-refractivity contribution in [3.8, 4) is 0 Å². The zero-order chi connectivity index (χ0) is 22.4. The van der Waals surface area contributed by atoms with Gasteiger partial charge in [0.05, 0.1) is 24.3 Å². The fourth-order valence-corrected chi connectivity index (χ4v) is 3.80. The van der Waals surface area contributed by atoms with Gasteiger partial charge in [0.2, 0.25) is 0 Å². The summed E-state index contributed by atoms with van der Waals surface area (Å²) in [7, 11) is -2.03. The molecule has 164 valence electrons. The average Bonchev–Trinajstić information content (AvgIpc) is 3.24. The number of alkyl halides is 3. The first-order chi connectivity index (χ1) is 12.9. The van der Waals surface area contributed by atoms with Gasteiger partial charge in [-0.25, -0.2) is 4.79 Å². The van der Waals surface area contributed by atoms with Crippen LogP contribution < -0.4 is 0 Å². The molecule has 29 heavy (non-hydrogen) atoms. The van der Waals surface area contributed by atoms with Gasteiger partial charge in [-0.15, -0.1) is 0 Å². The van der Waals surface area contributed by atoms with Crippen LogP contribution >= 0.6 is 0 Å². The lowest BCUT2D eigenvalue weighted by molar-refractivity contribution is -0.137. The van der Waals surface area contributed by atoms with Gasteiger partial charge >= 0.3 is 12.3 Å². The molecule has 0 bridgehead atoms. The molecule has 0 radical (unpaired) electrons. The van der Waals surface area contributed by atoms with Gasteiger partial charge in [0.25, 0.3) is 0 Å². The zero-order valence-corrected chi connectivity index (χ0v) is 19.5. The molecular formula is C21H32F3NO3Si. The zero-order valence-electron chi connectivity index (χ0n) is 18.5. The summed E-state index contributed by atoms with van der Waals surface area (Å²) in [6.45, 7) is 16.3. The van der Waals surface area contributed by atoms with E-state index in [1.54, 1.807) is 25.7 Å². The molecule has 1 amide bonds. The lowest BCUT2D eigenvalue weighted by Gasteiger charge is -2.36. The van der Waals surface area contributed by atoms with Crippen LogP contribution in [0, 0.1) is 0 Å². The summed E-state index contributed by atoms with van der Waals surface area (Å²) in [5, 5.41) is 0.0164. The molecule has 0 spiro atoms. The Bertz CT molecular complexity index is 734. The highest BCUT2D eigenvalue weighted by Gasteiger charge is 2.54. The first kappa shape index (κ1) is 23.7. The Labute approximate surface area is 172 Å². The summed E-state index contributed by atoms with van der Waals surface area (Å²) in [4.78, 5) is 14.2. The van der Waals surface area contributed by atoms with Crippen molar-refractivity contribution >= 4 is 14.4 Å². The molecule has 0 aromatic heterocycles. The molecule has 0 saturated carbocycles. The van der Waals surface area contributed by atoms with Crippen molar-refractivity contribution in [2.45, 2.75) is 83.5 Å². The number of amides is 1. The Balaban J connectivity index is 2.21. The van der Waals surface area contributed by atoms with E-state index in [0.29, 0.717) is 12.2 Å². The molecule has 1 aromatic rings. The minimum absolute atomic E-state index is 0.0164. The predicted octanol–water partition coefficient (Wildman–Crippen LogP) is 6.39. The Kier molecular flexibility index (Phi) is 6.23. The molecule has 0 N–H and O–H groups in total.